The third-order valence-electron chi connectivity index (χ3n) is 3.78. The number of nitrogens with zero attached hydrogens (tertiary/aromatic N) is 2. The first-order chi connectivity index (χ1) is 11.9. The second kappa shape index (κ2) is 6.76. The number of aromatic nitrogens is 2. The van der Waals surface area contributed by atoms with Crippen LogP contribution in [-0.4, -0.2) is 29.2 Å². The average Bonchev–Trinajstić information content (AvgIpc) is 3.32. The lowest BCUT2D eigenvalue weighted by Crippen LogP contribution is -2.30. The van der Waals surface area contributed by atoms with E-state index in [1.165, 1.54) is 11.8 Å². The van der Waals surface area contributed by atoms with Crippen molar-refractivity contribution in [1.82, 2.24) is 10.2 Å². The lowest BCUT2D eigenvalue weighted by molar-refractivity contribution is -0.145. The molecule has 0 amide bonds. The lowest BCUT2D eigenvalue weighted by atomic mass is 10.1. The van der Waals surface area contributed by atoms with Crippen LogP contribution in [0.3, 0.4) is 0 Å². The SMILES string of the molecule is c1ccc(-c2nnc(SCC3(c4ccccc4)OCCO3)o2)cc1. The molecule has 2 aromatic carbocycles. The summed E-state index contributed by atoms with van der Waals surface area (Å²) in [6, 6.07) is 19.7. The second-order valence-electron chi connectivity index (χ2n) is 5.34. The zero-order valence-corrected chi connectivity index (χ0v) is 13.7. The molecule has 0 bridgehead atoms. The molecular weight excluding hydrogens is 324 g/mol. The summed E-state index contributed by atoms with van der Waals surface area (Å²) < 4.78 is 17.6. The Morgan fingerprint density at radius 3 is 2.25 bits per heavy atom. The van der Waals surface area contributed by atoms with Crippen LogP contribution in [0.4, 0.5) is 0 Å². The first kappa shape index (κ1) is 15.4. The summed E-state index contributed by atoms with van der Waals surface area (Å²) in [7, 11) is 0. The molecule has 0 atom stereocenters. The Balaban J connectivity index is 1.51. The Morgan fingerprint density at radius 2 is 1.54 bits per heavy atom. The highest BCUT2D eigenvalue weighted by Gasteiger charge is 2.39. The fraction of sp³-hybridized carbons (Fsp3) is 0.222. The van der Waals surface area contributed by atoms with Gasteiger partial charge in [-0.3, -0.25) is 0 Å². The standard InChI is InChI=1S/C18H16N2O3S/c1-3-7-14(8-4-1)16-19-20-17(23-16)24-13-18(21-11-12-22-18)15-9-5-2-6-10-15/h1-10H,11-13H2. The number of hydrogen-bond acceptors (Lipinski definition) is 6. The molecule has 0 saturated carbocycles. The molecular formula is C18H16N2O3S. The van der Waals surface area contributed by atoms with Gasteiger partial charge in [-0.1, -0.05) is 60.3 Å². The minimum atomic E-state index is -0.757. The van der Waals surface area contributed by atoms with E-state index in [0.717, 1.165) is 11.1 Å². The van der Waals surface area contributed by atoms with Crippen LogP contribution in [0.25, 0.3) is 11.5 Å². The number of ether oxygens (including phenoxy) is 2. The molecule has 0 radical (unpaired) electrons. The van der Waals surface area contributed by atoms with E-state index < -0.39 is 5.79 Å². The van der Waals surface area contributed by atoms with Crippen molar-refractivity contribution in [3.8, 4) is 11.5 Å². The van der Waals surface area contributed by atoms with E-state index in [0.29, 0.717) is 30.1 Å². The second-order valence-corrected chi connectivity index (χ2v) is 6.27. The van der Waals surface area contributed by atoms with Gasteiger partial charge in [0.05, 0.1) is 19.0 Å². The molecule has 1 saturated heterocycles. The summed E-state index contributed by atoms with van der Waals surface area (Å²) in [5, 5.41) is 8.72. The predicted octanol–water partition coefficient (Wildman–Crippen LogP) is 3.73. The minimum Gasteiger partial charge on any atom is -0.411 e. The Labute approximate surface area is 144 Å². The maximum absolute atomic E-state index is 5.91. The summed E-state index contributed by atoms with van der Waals surface area (Å²) in [5.74, 6) is 0.306. The van der Waals surface area contributed by atoms with E-state index in [4.69, 9.17) is 13.9 Å². The van der Waals surface area contributed by atoms with Crippen LogP contribution in [0.2, 0.25) is 0 Å². The van der Waals surface area contributed by atoms with E-state index in [9.17, 15) is 0 Å². The van der Waals surface area contributed by atoms with Crippen molar-refractivity contribution in [2.24, 2.45) is 0 Å². The quantitative estimate of drug-likeness (QED) is 0.660. The molecule has 0 N–H and O–H groups in total. The van der Waals surface area contributed by atoms with Crippen molar-refractivity contribution in [3.63, 3.8) is 0 Å². The van der Waals surface area contributed by atoms with Crippen LogP contribution in [0, 0.1) is 0 Å². The monoisotopic (exact) mass is 340 g/mol. The van der Waals surface area contributed by atoms with Gasteiger partial charge in [0.2, 0.25) is 11.7 Å². The zero-order valence-electron chi connectivity index (χ0n) is 12.9. The molecule has 1 aromatic heterocycles. The smallest absolute Gasteiger partial charge is 0.277 e. The zero-order chi connectivity index (χ0) is 16.2. The van der Waals surface area contributed by atoms with Crippen LogP contribution in [0.5, 0.6) is 0 Å². The van der Waals surface area contributed by atoms with Gasteiger partial charge in [0, 0.05) is 11.1 Å². The minimum absolute atomic E-state index is 0.503. The van der Waals surface area contributed by atoms with Gasteiger partial charge in [0.1, 0.15) is 0 Å². The van der Waals surface area contributed by atoms with Crippen LogP contribution in [0.15, 0.2) is 70.3 Å². The molecule has 6 heteroatoms. The van der Waals surface area contributed by atoms with Gasteiger partial charge in [-0.25, -0.2) is 0 Å². The fourth-order valence-electron chi connectivity index (χ4n) is 2.60. The molecule has 1 aliphatic rings. The van der Waals surface area contributed by atoms with E-state index in [-0.39, 0.29) is 0 Å². The van der Waals surface area contributed by atoms with Crippen molar-refractivity contribution >= 4 is 11.8 Å². The number of hydrogen-bond donors (Lipinski definition) is 0. The number of thioether (sulfide) groups is 1. The highest BCUT2D eigenvalue weighted by molar-refractivity contribution is 7.99. The van der Waals surface area contributed by atoms with Gasteiger partial charge < -0.3 is 13.9 Å². The highest BCUT2D eigenvalue weighted by Crippen LogP contribution is 2.37. The Morgan fingerprint density at radius 1 is 0.875 bits per heavy atom. The summed E-state index contributed by atoms with van der Waals surface area (Å²) in [6.07, 6.45) is 0. The van der Waals surface area contributed by atoms with Gasteiger partial charge in [0.25, 0.3) is 5.22 Å². The molecule has 3 aromatic rings. The maximum atomic E-state index is 5.91. The van der Waals surface area contributed by atoms with Gasteiger partial charge in [-0.2, -0.15) is 0 Å². The van der Waals surface area contributed by atoms with Crippen molar-refractivity contribution in [3.05, 3.63) is 66.2 Å². The topological polar surface area (TPSA) is 57.4 Å². The van der Waals surface area contributed by atoms with Crippen LogP contribution >= 0.6 is 11.8 Å². The number of benzene rings is 2. The number of rotatable bonds is 5. The van der Waals surface area contributed by atoms with E-state index in [2.05, 4.69) is 10.2 Å². The van der Waals surface area contributed by atoms with Crippen LogP contribution in [0.1, 0.15) is 5.56 Å². The molecule has 0 aliphatic carbocycles. The first-order valence-electron chi connectivity index (χ1n) is 7.71. The largest absolute Gasteiger partial charge is 0.411 e. The molecule has 24 heavy (non-hydrogen) atoms. The Hall–Kier alpha value is -2.15. The van der Waals surface area contributed by atoms with Crippen molar-refractivity contribution < 1.29 is 13.9 Å². The third-order valence-corrected chi connectivity index (χ3v) is 4.72. The third kappa shape index (κ3) is 3.08. The predicted molar refractivity (Wildman–Crippen MR) is 90.5 cm³/mol. The van der Waals surface area contributed by atoms with Crippen molar-refractivity contribution in [2.75, 3.05) is 19.0 Å². The molecule has 122 valence electrons. The fourth-order valence-corrected chi connectivity index (χ4v) is 3.49. The molecule has 0 unspecified atom stereocenters. The molecule has 5 nitrogen and oxygen atoms in total. The maximum Gasteiger partial charge on any atom is 0.277 e. The van der Waals surface area contributed by atoms with Crippen LogP contribution in [-0.2, 0) is 15.3 Å². The van der Waals surface area contributed by atoms with E-state index in [1.807, 2.05) is 60.7 Å². The molecule has 4 rings (SSSR count). The average molecular weight is 340 g/mol. The summed E-state index contributed by atoms with van der Waals surface area (Å²) in [4.78, 5) is 0. The van der Waals surface area contributed by atoms with Gasteiger partial charge in [-0.05, 0) is 12.1 Å². The van der Waals surface area contributed by atoms with Gasteiger partial charge in [0.15, 0.2) is 0 Å². The normalized spacial score (nSPS) is 16.3. The van der Waals surface area contributed by atoms with E-state index >= 15 is 0 Å². The van der Waals surface area contributed by atoms with Crippen molar-refractivity contribution in [2.45, 2.75) is 11.0 Å². The van der Waals surface area contributed by atoms with Gasteiger partial charge in [-0.15, -0.1) is 10.2 Å². The summed E-state index contributed by atoms with van der Waals surface area (Å²) in [5.41, 5.74) is 1.90. The lowest BCUT2D eigenvalue weighted by Gasteiger charge is -2.26. The summed E-state index contributed by atoms with van der Waals surface area (Å²) in [6.45, 7) is 1.16. The molecule has 1 aliphatic heterocycles. The molecule has 0 spiro atoms. The van der Waals surface area contributed by atoms with E-state index in [1.54, 1.807) is 0 Å². The van der Waals surface area contributed by atoms with Crippen LogP contribution < -0.4 is 0 Å². The molecule has 1 fully saturated rings. The first-order valence-corrected chi connectivity index (χ1v) is 8.69. The highest BCUT2D eigenvalue weighted by atomic mass is 32.2. The Kier molecular flexibility index (Phi) is 4.34. The van der Waals surface area contributed by atoms with Gasteiger partial charge >= 0.3 is 0 Å². The Bertz CT molecular complexity index is 786. The van der Waals surface area contributed by atoms with Crippen molar-refractivity contribution in [1.29, 1.82) is 0 Å². The summed E-state index contributed by atoms with van der Waals surface area (Å²) >= 11 is 1.44. The molecule has 2 heterocycles.